The van der Waals surface area contributed by atoms with E-state index in [2.05, 4.69) is 34.7 Å². The Labute approximate surface area is 118 Å². The van der Waals surface area contributed by atoms with Crippen LogP contribution in [0.15, 0.2) is 29.8 Å². The molecule has 0 aromatic carbocycles. The summed E-state index contributed by atoms with van der Waals surface area (Å²) in [6.45, 7) is 2.14. The van der Waals surface area contributed by atoms with Crippen LogP contribution >= 0.6 is 11.3 Å². The van der Waals surface area contributed by atoms with Gasteiger partial charge in [0.15, 0.2) is 0 Å². The Morgan fingerprint density at radius 3 is 2.79 bits per heavy atom. The molecule has 4 heteroatoms. The average Bonchev–Trinajstić information content (AvgIpc) is 2.93. The van der Waals surface area contributed by atoms with Crippen LogP contribution in [0.4, 0.5) is 0 Å². The average molecular weight is 276 g/mol. The highest BCUT2D eigenvalue weighted by atomic mass is 32.1. The molecule has 19 heavy (non-hydrogen) atoms. The van der Waals surface area contributed by atoms with Crippen molar-refractivity contribution in [1.29, 1.82) is 0 Å². The van der Waals surface area contributed by atoms with Crippen molar-refractivity contribution in [3.05, 3.63) is 45.9 Å². The SMILES string of the molecule is CCc1ccc(CC(NC)c2sccc2OC)nc1. The molecule has 3 nitrogen and oxygen atoms in total. The number of likely N-dealkylation sites (N-methyl/N-ethyl adjacent to an activating group) is 1. The minimum Gasteiger partial charge on any atom is -0.496 e. The van der Waals surface area contributed by atoms with Crippen molar-refractivity contribution >= 4 is 11.3 Å². The molecule has 0 spiro atoms. The molecule has 0 aliphatic heterocycles. The van der Waals surface area contributed by atoms with Crippen LogP contribution in [0.5, 0.6) is 5.75 Å². The van der Waals surface area contributed by atoms with Gasteiger partial charge < -0.3 is 10.1 Å². The third-order valence-electron chi connectivity index (χ3n) is 3.25. The molecule has 0 radical (unpaired) electrons. The Bertz CT molecular complexity index is 507. The third-order valence-corrected chi connectivity index (χ3v) is 4.26. The predicted molar refractivity (Wildman–Crippen MR) is 80.0 cm³/mol. The molecule has 2 aromatic heterocycles. The zero-order valence-electron chi connectivity index (χ0n) is 11.6. The number of ether oxygens (including phenoxy) is 1. The molecule has 0 saturated heterocycles. The Kier molecular flexibility index (Phi) is 4.93. The summed E-state index contributed by atoms with van der Waals surface area (Å²) in [5, 5.41) is 5.41. The van der Waals surface area contributed by atoms with Crippen molar-refractivity contribution in [1.82, 2.24) is 10.3 Å². The quantitative estimate of drug-likeness (QED) is 0.879. The van der Waals surface area contributed by atoms with Crippen LogP contribution in [0, 0.1) is 0 Å². The van der Waals surface area contributed by atoms with E-state index in [1.165, 1.54) is 10.4 Å². The van der Waals surface area contributed by atoms with Gasteiger partial charge in [0.2, 0.25) is 0 Å². The fourth-order valence-corrected chi connectivity index (χ4v) is 3.02. The van der Waals surface area contributed by atoms with Crippen molar-refractivity contribution in [3.8, 4) is 5.75 Å². The van der Waals surface area contributed by atoms with E-state index < -0.39 is 0 Å². The topological polar surface area (TPSA) is 34.1 Å². The summed E-state index contributed by atoms with van der Waals surface area (Å²) in [5.74, 6) is 0.953. The molecule has 1 unspecified atom stereocenters. The molecule has 1 N–H and O–H groups in total. The van der Waals surface area contributed by atoms with Crippen LogP contribution in [0.1, 0.15) is 29.1 Å². The van der Waals surface area contributed by atoms with Crippen molar-refractivity contribution in [3.63, 3.8) is 0 Å². The van der Waals surface area contributed by atoms with Gasteiger partial charge >= 0.3 is 0 Å². The lowest BCUT2D eigenvalue weighted by Crippen LogP contribution is -2.18. The monoisotopic (exact) mass is 276 g/mol. The predicted octanol–water partition coefficient (Wildman–Crippen LogP) is 3.22. The van der Waals surface area contributed by atoms with E-state index >= 15 is 0 Å². The molecule has 0 fully saturated rings. The molecule has 0 bridgehead atoms. The fraction of sp³-hybridized carbons (Fsp3) is 0.400. The van der Waals surface area contributed by atoms with Crippen LogP contribution in [-0.4, -0.2) is 19.1 Å². The summed E-state index contributed by atoms with van der Waals surface area (Å²) in [6, 6.07) is 6.52. The smallest absolute Gasteiger partial charge is 0.134 e. The normalized spacial score (nSPS) is 12.4. The van der Waals surface area contributed by atoms with Gasteiger partial charge in [-0.25, -0.2) is 0 Å². The third kappa shape index (κ3) is 3.33. The van der Waals surface area contributed by atoms with E-state index in [1.807, 2.05) is 19.3 Å². The van der Waals surface area contributed by atoms with E-state index in [-0.39, 0.29) is 6.04 Å². The second-order valence-electron chi connectivity index (χ2n) is 4.41. The summed E-state index contributed by atoms with van der Waals surface area (Å²) in [7, 11) is 3.69. The maximum absolute atomic E-state index is 5.39. The molecular weight excluding hydrogens is 256 g/mol. The Hall–Kier alpha value is -1.39. The molecule has 0 aliphatic rings. The van der Waals surface area contributed by atoms with E-state index in [4.69, 9.17) is 4.74 Å². The lowest BCUT2D eigenvalue weighted by molar-refractivity contribution is 0.405. The number of thiophene rings is 1. The molecule has 2 heterocycles. The first-order valence-corrected chi connectivity index (χ1v) is 7.38. The Morgan fingerprint density at radius 2 is 2.21 bits per heavy atom. The zero-order chi connectivity index (χ0) is 13.7. The highest BCUT2D eigenvalue weighted by Gasteiger charge is 2.17. The van der Waals surface area contributed by atoms with Gasteiger partial charge in [-0.15, -0.1) is 11.3 Å². The molecule has 0 saturated carbocycles. The van der Waals surface area contributed by atoms with E-state index in [1.54, 1.807) is 18.4 Å². The molecule has 2 rings (SSSR count). The standard InChI is InChI=1S/C15H20N2OS/c1-4-11-5-6-12(17-10-11)9-13(16-2)15-14(18-3)7-8-19-15/h5-8,10,13,16H,4,9H2,1-3H3. The largest absolute Gasteiger partial charge is 0.496 e. The molecule has 102 valence electrons. The highest BCUT2D eigenvalue weighted by Crippen LogP contribution is 2.32. The van der Waals surface area contributed by atoms with E-state index in [0.717, 1.165) is 24.3 Å². The first-order valence-electron chi connectivity index (χ1n) is 6.51. The number of nitrogens with zero attached hydrogens (tertiary/aromatic N) is 1. The summed E-state index contributed by atoms with van der Waals surface area (Å²) in [5.41, 5.74) is 2.38. The van der Waals surface area contributed by atoms with Crippen LogP contribution in [0.3, 0.4) is 0 Å². The summed E-state index contributed by atoms with van der Waals surface area (Å²) in [4.78, 5) is 5.75. The van der Waals surface area contributed by atoms with Gasteiger partial charge in [0.25, 0.3) is 0 Å². The van der Waals surface area contributed by atoms with Crippen molar-refractivity contribution in [2.75, 3.05) is 14.2 Å². The van der Waals surface area contributed by atoms with Gasteiger partial charge in [-0.1, -0.05) is 13.0 Å². The van der Waals surface area contributed by atoms with Gasteiger partial charge in [-0.3, -0.25) is 4.98 Å². The van der Waals surface area contributed by atoms with Crippen LogP contribution in [0.25, 0.3) is 0 Å². The number of methoxy groups -OCH3 is 1. The van der Waals surface area contributed by atoms with Crippen molar-refractivity contribution in [2.24, 2.45) is 0 Å². The number of rotatable bonds is 6. The number of aryl methyl sites for hydroxylation is 1. The molecular formula is C15H20N2OS. The number of hydrogen-bond acceptors (Lipinski definition) is 4. The second kappa shape index (κ2) is 6.68. The zero-order valence-corrected chi connectivity index (χ0v) is 12.5. The van der Waals surface area contributed by atoms with Gasteiger partial charge in [-0.05, 0) is 36.5 Å². The highest BCUT2D eigenvalue weighted by molar-refractivity contribution is 7.10. The summed E-state index contributed by atoms with van der Waals surface area (Å²) >= 11 is 1.72. The molecule has 0 amide bonds. The van der Waals surface area contributed by atoms with Crippen molar-refractivity contribution in [2.45, 2.75) is 25.8 Å². The number of hydrogen-bond donors (Lipinski definition) is 1. The first-order chi connectivity index (χ1) is 9.28. The van der Waals surface area contributed by atoms with Crippen LogP contribution < -0.4 is 10.1 Å². The Morgan fingerprint density at radius 1 is 1.37 bits per heavy atom. The van der Waals surface area contributed by atoms with Gasteiger partial charge in [0.05, 0.1) is 18.0 Å². The molecule has 2 aromatic rings. The first kappa shape index (κ1) is 14.0. The fourth-order valence-electron chi connectivity index (χ4n) is 2.05. The maximum atomic E-state index is 5.39. The number of pyridine rings is 1. The number of aromatic nitrogens is 1. The van der Waals surface area contributed by atoms with E-state index in [0.29, 0.717) is 0 Å². The van der Waals surface area contributed by atoms with Gasteiger partial charge in [0, 0.05) is 18.3 Å². The summed E-state index contributed by atoms with van der Waals surface area (Å²) < 4.78 is 5.39. The summed E-state index contributed by atoms with van der Waals surface area (Å²) in [6.07, 6.45) is 3.87. The van der Waals surface area contributed by atoms with Gasteiger partial charge in [0.1, 0.15) is 5.75 Å². The second-order valence-corrected chi connectivity index (χ2v) is 5.36. The van der Waals surface area contributed by atoms with Crippen LogP contribution in [-0.2, 0) is 12.8 Å². The minimum atomic E-state index is 0.245. The minimum absolute atomic E-state index is 0.245. The van der Waals surface area contributed by atoms with Crippen molar-refractivity contribution < 1.29 is 4.74 Å². The Balaban J connectivity index is 2.14. The lowest BCUT2D eigenvalue weighted by atomic mass is 10.1. The van der Waals surface area contributed by atoms with Crippen LogP contribution in [0.2, 0.25) is 0 Å². The van der Waals surface area contributed by atoms with Gasteiger partial charge in [-0.2, -0.15) is 0 Å². The number of nitrogens with one attached hydrogen (secondary N) is 1. The lowest BCUT2D eigenvalue weighted by Gasteiger charge is -2.16. The molecule has 1 atom stereocenters. The maximum Gasteiger partial charge on any atom is 0.134 e. The molecule has 0 aliphatic carbocycles. The van der Waals surface area contributed by atoms with E-state index in [9.17, 15) is 0 Å².